The van der Waals surface area contributed by atoms with Crippen molar-refractivity contribution in [1.82, 2.24) is 21.3 Å². The van der Waals surface area contributed by atoms with Crippen LogP contribution in [0.3, 0.4) is 0 Å². The van der Waals surface area contributed by atoms with Gasteiger partial charge in [-0.1, -0.05) is 0 Å². The summed E-state index contributed by atoms with van der Waals surface area (Å²) in [6, 6.07) is -4.11. The quantitative estimate of drug-likeness (QED) is 0.130. The Labute approximate surface area is 245 Å². The second kappa shape index (κ2) is 20.8. The van der Waals surface area contributed by atoms with Crippen molar-refractivity contribution in [2.75, 3.05) is 32.8 Å². The minimum atomic E-state index is -1.18. The zero-order valence-corrected chi connectivity index (χ0v) is 23.2. The lowest BCUT2D eigenvalue weighted by Crippen LogP contribution is -2.38. The van der Waals surface area contributed by atoms with Crippen LogP contribution in [0.15, 0.2) is 0 Å². The van der Waals surface area contributed by atoms with Gasteiger partial charge >= 0.3 is 29.8 Å². The van der Waals surface area contributed by atoms with E-state index in [2.05, 4.69) is 21.3 Å². The van der Waals surface area contributed by atoms with Crippen molar-refractivity contribution < 1.29 is 75.0 Å². The molecule has 4 aliphatic heterocycles. The van der Waals surface area contributed by atoms with Gasteiger partial charge in [-0.25, -0.2) is 0 Å². The molecule has 9 atom stereocenters. The lowest BCUT2D eigenvalue weighted by molar-refractivity contribution is -0.142. The Balaban J connectivity index is 0.000000515. The van der Waals surface area contributed by atoms with E-state index in [0.717, 1.165) is 0 Å². The Morgan fingerprint density at radius 3 is 0.791 bits per heavy atom. The minimum absolute atomic E-state index is 0.505. The van der Waals surface area contributed by atoms with E-state index in [1.54, 1.807) is 0 Å². The first-order valence-electron chi connectivity index (χ1n) is 13.2. The van der Waals surface area contributed by atoms with E-state index in [1.807, 2.05) is 0 Å². The molecule has 4 saturated heterocycles. The maximum atomic E-state index is 10.2. The van der Waals surface area contributed by atoms with Crippen molar-refractivity contribution in [3.05, 3.63) is 0 Å². The molecule has 0 aromatic heterocycles. The lowest BCUT2D eigenvalue weighted by atomic mass is 10.2. The third kappa shape index (κ3) is 15.3. The largest absolute Gasteiger partial charge is 0.480 e. The molecule has 4 heterocycles. The van der Waals surface area contributed by atoms with E-state index in [9.17, 15) is 24.0 Å². The van der Waals surface area contributed by atoms with Gasteiger partial charge in [-0.3, -0.25) is 24.0 Å². The Bertz CT molecular complexity index is 777. The molecule has 16 N–H and O–H groups in total. The van der Waals surface area contributed by atoms with Crippen molar-refractivity contribution in [3.8, 4) is 0 Å². The minimum Gasteiger partial charge on any atom is -0.480 e. The summed E-state index contributed by atoms with van der Waals surface area (Å²) in [7, 11) is 0. The molecular weight excluding hydrogens is 586 g/mol. The first-order chi connectivity index (χ1) is 20.0. The maximum absolute atomic E-state index is 10.2. The van der Waals surface area contributed by atoms with E-state index in [4.69, 9.17) is 56.8 Å². The number of hydrogen-bond acceptors (Lipinski definition) is 15. The number of carboxylic acids is 5. The van der Waals surface area contributed by atoms with Crippen LogP contribution in [0.1, 0.15) is 25.7 Å². The SMILES string of the molecule is N[C@@H](CO)C(=O)O.O=C(O)[C@H]1NCCC1O.O=C(O)[C@H]1NCCC1O.O=C(O)[C@H]1NCCC1O.O=C(O)[C@H]1NCCC1O. The second-order valence-corrected chi connectivity index (χ2v) is 9.63. The van der Waals surface area contributed by atoms with Gasteiger partial charge in [0.2, 0.25) is 0 Å². The number of rotatable bonds is 6. The van der Waals surface area contributed by atoms with E-state index < -0.39 is 91.1 Å². The molecule has 4 aliphatic rings. The standard InChI is InChI=1S/4C5H9NO3.C3H7NO3/c4*7-3-1-2-6-4(3)5(8)9;4-2(1-5)3(6)7/h4*3-4,6-7H,1-2H2,(H,8,9);2,5H,1,4H2,(H,6,7)/t4*3?,4-;2-/m00000/s1. The molecule has 0 aromatic carbocycles. The van der Waals surface area contributed by atoms with Crippen LogP contribution in [0.2, 0.25) is 0 Å². The van der Waals surface area contributed by atoms with Crippen LogP contribution < -0.4 is 27.0 Å². The van der Waals surface area contributed by atoms with Crippen LogP contribution in [0.4, 0.5) is 0 Å². The molecule has 4 rings (SSSR count). The Morgan fingerprint density at radius 2 is 0.744 bits per heavy atom. The van der Waals surface area contributed by atoms with Gasteiger partial charge in [-0.05, 0) is 51.9 Å². The second-order valence-electron chi connectivity index (χ2n) is 9.63. The van der Waals surface area contributed by atoms with Gasteiger partial charge in [0.05, 0.1) is 31.0 Å². The summed E-state index contributed by atoms with van der Waals surface area (Å²) in [5.41, 5.74) is 4.77. The average molecular weight is 630 g/mol. The van der Waals surface area contributed by atoms with E-state index in [1.165, 1.54) is 0 Å². The number of carboxylic acid groups (broad SMARTS) is 5. The smallest absolute Gasteiger partial charge is 0.323 e. The topological polar surface area (TPSA) is 362 Å². The van der Waals surface area contributed by atoms with Crippen molar-refractivity contribution in [1.29, 1.82) is 0 Å². The van der Waals surface area contributed by atoms with Gasteiger partial charge in [0, 0.05) is 0 Å². The molecule has 250 valence electrons. The number of hydrogen-bond donors (Lipinski definition) is 15. The third-order valence-electron chi connectivity index (χ3n) is 6.33. The summed E-state index contributed by atoms with van der Waals surface area (Å²) in [6.07, 6.45) is -0.669. The Hall–Kier alpha value is -3.05. The molecule has 0 aliphatic carbocycles. The van der Waals surface area contributed by atoms with Crippen LogP contribution in [-0.4, -0.2) is 168 Å². The first-order valence-corrected chi connectivity index (χ1v) is 13.2. The molecule has 0 radical (unpaired) electrons. The highest BCUT2D eigenvalue weighted by molar-refractivity contribution is 5.76. The first kappa shape index (κ1) is 40.0. The van der Waals surface area contributed by atoms with Crippen LogP contribution in [0, 0.1) is 0 Å². The van der Waals surface area contributed by atoms with Crippen LogP contribution in [0.5, 0.6) is 0 Å². The van der Waals surface area contributed by atoms with Gasteiger partial charge in [-0.15, -0.1) is 0 Å². The Kier molecular flexibility index (Phi) is 19.3. The number of nitrogens with two attached hydrogens (primary N) is 1. The molecule has 20 nitrogen and oxygen atoms in total. The molecule has 4 unspecified atom stereocenters. The van der Waals surface area contributed by atoms with Gasteiger partial charge in [0.1, 0.15) is 30.2 Å². The Morgan fingerprint density at radius 1 is 0.535 bits per heavy atom. The summed E-state index contributed by atoms with van der Waals surface area (Å²) >= 11 is 0. The van der Waals surface area contributed by atoms with Gasteiger partial charge in [0.25, 0.3) is 0 Å². The highest BCUT2D eigenvalue weighted by atomic mass is 16.4. The van der Waals surface area contributed by atoms with Crippen molar-refractivity contribution in [2.45, 2.75) is 80.3 Å². The number of nitrogens with one attached hydrogen (secondary N) is 4. The fourth-order valence-corrected chi connectivity index (χ4v) is 3.84. The number of aliphatic hydroxyl groups excluding tert-OH is 5. The number of aliphatic hydroxyl groups is 5. The molecule has 0 spiro atoms. The highest BCUT2D eigenvalue weighted by Crippen LogP contribution is 2.07. The lowest BCUT2D eigenvalue weighted by Gasteiger charge is -2.06. The normalized spacial score (nSPS) is 31.3. The summed E-state index contributed by atoms with van der Waals surface area (Å²) in [4.78, 5) is 50.4. The monoisotopic (exact) mass is 629 g/mol. The molecule has 0 aromatic rings. The van der Waals surface area contributed by atoms with Crippen LogP contribution in [0.25, 0.3) is 0 Å². The summed E-state index contributed by atoms with van der Waals surface area (Å²) < 4.78 is 0. The van der Waals surface area contributed by atoms with E-state index in [0.29, 0.717) is 51.9 Å². The zero-order chi connectivity index (χ0) is 33.3. The van der Waals surface area contributed by atoms with E-state index >= 15 is 0 Å². The molecule has 4 fully saturated rings. The molecule has 43 heavy (non-hydrogen) atoms. The molecule has 0 saturated carbocycles. The summed E-state index contributed by atoms with van der Waals surface area (Å²) in [6.45, 7) is 1.88. The average Bonchev–Trinajstić information content (AvgIpc) is 3.73. The third-order valence-corrected chi connectivity index (χ3v) is 6.33. The number of carbonyl (C=O) groups is 5. The predicted octanol–water partition coefficient (Wildman–Crippen LogP) is -6.43. The van der Waals surface area contributed by atoms with Crippen LogP contribution >= 0.6 is 0 Å². The van der Waals surface area contributed by atoms with Gasteiger partial charge in [0.15, 0.2) is 0 Å². The fraction of sp³-hybridized carbons (Fsp3) is 0.783. The number of aliphatic carboxylic acids is 5. The fourth-order valence-electron chi connectivity index (χ4n) is 3.84. The molecule has 20 heteroatoms. The highest BCUT2D eigenvalue weighted by Gasteiger charge is 2.32. The van der Waals surface area contributed by atoms with Gasteiger partial charge < -0.3 is 78.1 Å². The molecule has 0 amide bonds. The van der Waals surface area contributed by atoms with Gasteiger partial charge in [-0.2, -0.15) is 0 Å². The summed E-state index contributed by atoms with van der Waals surface area (Å²) in [5.74, 6) is -5.07. The molecular formula is C23H43N5O15. The van der Waals surface area contributed by atoms with Crippen LogP contribution in [-0.2, 0) is 24.0 Å². The summed E-state index contributed by atoms with van der Waals surface area (Å²) in [5, 5.41) is 95.6. The van der Waals surface area contributed by atoms with Crippen molar-refractivity contribution in [2.24, 2.45) is 5.73 Å². The molecule has 0 bridgehead atoms. The van der Waals surface area contributed by atoms with Crippen molar-refractivity contribution >= 4 is 29.8 Å². The predicted molar refractivity (Wildman–Crippen MR) is 143 cm³/mol. The van der Waals surface area contributed by atoms with E-state index in [-0.39, 0.29) is 0 Å². The van der Waals surface area contributed by atoms with Crippen molar-refractivity contribution in [3.63, 3.8) is 0 Å². The maximum Gasteiger partial charge on any atom is 0.323 e. The zero-order valence-electron chi connectivity index (χ0n) is 23.2.